The maximum absolute atomic E-state index is 13.5. The number of ether oxygens (including phenoxy) is 2. The van der Waals surface area contributed by atoms with Crippen molar-refractivity contribution in [2.45, 2.75) is 17.6 Å². The molecule has 0 bridgehead atoms. The number of H-pyrrole nitrogens is 1. The molecule has 0 spiro atoms. The smallest absolute Gasteiger partial charge is 0.233 e. The minimum absolute atomic E-state index is 0.0374. The van der Waals surface area contributed by atoms with Crippen molar-refractivity contribution >= 4 is 17.7 Å². The number of amides is 1. The summed E-state index contributed by atoms with van der Waals surface area (Å²) in [7, 11) is 3.27. The zero-order valence-corrected chi connectivity index (χ0v) is 20.4. The summed E-state index contributed by atoms with van der Waals surface area (Å²) in [5.41, 5.74) is 4.24. The maximum Gasteiger partial charge on any atom is 0.233 e. The van der Waals surface area contributed by atoms with E-state index in [9.17, 15) is 4.79 Å². The Morgan fingerprint density at radius 3 is 2.43 bits per heavy atom. The summed E-state index contributed by atoms with van der Waals surface area (Å²) in [5.74, 6) is 2.33. The van der Waals surface area contributed by atoms with Crippen LogP contribution in [-0.2, 0) is 11.2 Å². The van der Waals surface area contributed by atoms with Gasteiger partial charge in [-0.25, -0.2) is 4.98 Å². The fraction of sp³-hybridized carbons (Fsp3) is 0.222. The van der Waals surface area contributed by atoms with Crippen LogP contribution < -0.4 is 9.47 Å². The average Bonchev–Trinajstić information content (AvgIpc) is 3.40. The van der Waals surface area contributed by atoms with Gasteiger partial charge in [0.05, 0.1) is 26.0 Å². The van der Waals surface area contributed by atoms with Gasteiger partial charge >= 0.3 is 0 Å². The standard InChI is InChI=1S/C27H26N4O3S/c1-33-22-15-20-13-14-31(25(18-9-5-3-6-10-18)21(20)16-23(22)34-2)24(32)17-35-27-28-26(29-30-27)19-11-7-4-8-12-19/h3-12,15-16,25H,13-14,17H2,1-2H3,(H,28,29,30). The molecule has 0 aliphatic carbocycles. The van der Waals surface area contributed by atoms with Gasteiger partial charge in [-0.2, -0.15) is 0 Å². The molecular weight excluding hydrogens is 460 g/mol. The summed E-state index contributed by atoms with van der Waals surface area (Å²) in [6.07, 6.45) is 0.744. The lowest BCUT2D eigenvalue weighted by molar-refractivity contribution is -0.130. The van der Waals surface area contributed by atoms with Gasteiger partial charge in [-0.1, -0.05) is 72.4 Å². The highest BCUT2D eigenvalue weighted by molar-refractivity contribution is 7.99. The van der Waals surface area contributed by atoms with Gasteiger partial charge in [0.25, 0.3) is 0 Å². The summed E-state index contributed by atoms with van der Waals surface area (Å²) >= 11 is 1.34. The number of thioether (sulfide) groups is 1. The van der Waals surface area contributed by atoms with Gasteiger partial charge in [0.15, 0.2) is 17.3 Å². The van der Waals surface area contributed by atoms with Crippen molar-refractivity contribution in [3.05, 3.63) is 89.5 Å². The Kier molecular flexibility index (Phi) is 6.72. The van der Waals surface area contributed by atoms with Gasteiger partial charge < -0.3 is 14.4 Å². The van der Waals surface area contributed by atoms with E-state index in [-0.39, 0.29) is 17.7 Å². The Morgan fingerprint density at radius 1 is 1.03 bits per heavy atom. The molecule has 8 heteroatoms. The van der Waals surface area contributed by atoms with Crippen molar-refractivity contribution in [2.24, 2.45) is 0 Å². The summed E-state index contributed by atoms with van der Waals surface area (Å²) in [6, 6.07) is 23.7. The Labute approximate surface area is 208 Å². The second-order valence-corrected chi connectivity index (χ2v) is 9.12. The first-order chi connectivity index (χ1) is 17.2. The predicted octanol–water partition coefficient (Wildman–Crippen LogP) is 4.76. The van der Waals surface area contributed by atoms with Crippen LogP contribution >= 0.6 is 11.8 Å². The van der Waals surface area contributed by atoms with Crippen molar-refractivity contribution in [3.63, 3.8) is 0 Å². The van der Waals surface area contributed by atoms with Crippen molar-refractivity contribution in [3.8, 4) is 22.9 Å². The van der Waals surface area contributed by atoms with Crippen LogP contribution in [0.3, 0.4) is 0 Å². The van der Waals surface area contributed by atoms with Crippen LogP contribution in [0.1, 0.15) is 22.7 Å². The third kappa shape index (κ3) is 4.74. The van der Waals surface area contributed by atoms with Crippen molar-refractivity contribution in [1.29, 1.82) is 0 Å². The number of carbonyl (C=O) groups is 1. The summed E-state index contributed by atoms with van der Waals surface area (Å²) in [6.45, 7) is 0.616. The van der Waals surface area contributed by atoms with E-state index in [1.54, 1.807) is 14.2 Å². The first kappa shape index (κ1) is 23.0. The Balaban J connectivity index is 1.40. The lowest BCUT2D eigenvalue weighted by Crippen LogP contribution is -2.41. The van der Waals surface area contributed by atoms with E-state index in [0.717, 1.165) is 28.7 Å². The summed E-state index contributed by atoms with van der Waals surface area (Å²) < 4.78 is 11.1. The molecule has 1 aliphatic rings. The normalized spacial score (nSPS) is 14.9. The molecule has 0 saturated carbocycles. The highest BCUT2D eigenvalue weighted by Gasteiger charge is 2.33. The fourth-order valence-corrected chi connectivity index (χ4v) is 5.14. The molecule has 178 valence electrons. The highest BCUT2D eigenvalue weighted by atomic mass is 32.2. The number of nitrogens with one attached hydrogen (secondary N) is 1. The molecule has 3 aromatic carbocycles. The number of methoxy groups -OCH3 is 2. The molecule has 1 aliphatic heterocycles. The number of aromatic nitrogens is 3. The molecule has 1 unspecified atom stereocenters. The number of benzene rings is 3. The molecule has 35 heavy (non-hydrogen) atoms. The Bertz CT molecular complexity index is 1310. The van der Waals surface area contributed by atoms with Gasteiger partial charge in [0.2, 0.25) is 11.1 Å². The second kappa shape index (κ2) is 10.2. The Hall–Kier alpha value is -3.78. The van der Waals surface area contributed by atoms with Crippen molar-refractivity contribution in [2.75, 3.05) is 26.5 Å². The topological polar surface area (TPSA) is 80.3 Å². The highest BCUT2D eigenvalue weighted by Crippen LogP contribution is 2.41. The summed E-state index contributed by atoms with van der Waals surface area (Å²) in [4.78, 5) is 20.0. The molecule has 0 saturated heterocycles. The van der Waals surface area contributed by atoms with Gasteiger partial charge in [-0.3, -0.25) is 9.89 Å². The first-order valence-electron chi connectivity index (χ1n) is 11.4. The number of nitrogens with zero attached hydrogens (tertiary/aromatic N) is 3. The van der Waals surface area contributed by atoms with E-state index in [0.29, 0.717) is 29.0 Å². The quantitative estimate of drug-likeness (QED) is 0.380. The average molecular weight is 487 g/mol. The van der Waals surface area contributed by atoms with Crippen LogP contribution in [0, 0.1) is 0 Å². The monoisotopic (exact) mass is 486 g/mol. The van der Waals surface area contributed by atoms with Crippen LogP contribution in [0.5, 0.6) is 11.5 Å². The van der Waals surface area contributed by atoms with Crippen LogP contribution in [0.25, 0.3) is 11.4 Å². The largest absolute Gasteiger partial charge is 0.493 e. The molecule has 1 aromatic heterocycles. The van der Waals surface area contributed by atoms with E-state index >= 15 is 0 Å². The van der Waals surface area contributed by atoms with E-state index < -0.39 is 0 Å². The number of rotatable bonds is 7. The molecule has 2 heterocycles. The first-order valence-corrected chi connectivity index (χ1v) is 12.4. The molecule has 0 radical (unpaired) electrons. The molecule has 1 atom stereocenters. The zero-order valence-electron chi connectivity index (χ0n) is 19.6. The van der Waals surface area contributed by atoms with E-state index in [1.165, 1.54) is 11.8 Å². The molecule has 7 nitrogen and oxygen atoms in total. The van der Waals surface area contributed by atoms with E-state index in [2.05, 4.69) is 27.3 Å². The second-order valence-electron chi connectivity index (χ2n) is 8.18. The number of carbonyl (C=O) groups excluding carboxylic acids is 1. The predicted molar refractivity (Wildman–Crippen MR) is 136 cm³/mol. The molecule has 5 rings (SSSR count). The van der Waals surface area contributed by atoms with Crippen LogP contribution in [0.2, 0.25) is 0 Å². The number of hydrogen-bond acceptors (Lipinski definition) is 6. The van der Waals surface area contributed by atoms with Crippen molar-refractivity contribution in [1.82, 2.24) is 20.1 Å². The lowest BCUT2D eigenvalue weighted by atomic mass is 9.87. The molecule has 4 aromatic rings. The maximum atomic E-state index is 13.5. The molecule has 1 N–H and O–H groups in total. The molecular formula is C27H26N4O3S. The number of aromatic amines is 1. The fourth-order valence-electron chi connectivity index (χ4n) is 4.45. The third-order valence-electron chi connectivity index (χ3n) is 6.15. The van der Waals surface area contributed by atoms with Gasteiger partial charge in [0.1, 0.15) is 0 Å². The summed E-state index contributed by atoms with van der Waals surface area (Å²) in [5, 5.41) is 7.81. The van der Waals surface area contributed by atoms with Crippen LogP contribution in [-0.4, -0.2) is 52.5 Å². The minimum Gasteiger partial charge on any atom is -0.493 e. The Morgan fingerprint density at radius 2 is 1.71 bits per heavy atom. The molecule has 1 amide bonds. The minimum atomic E-state index is -0.208. The number of hydrogen-bond donors (Lipinski definition) is 1. The van der Waals surface area contributed by atoms with E-state index in [4.69, 9.17) is 9.47 Å². The van der Waals surface area contributed by atoms with Crippen molar-refractivity contribution < 1.29 is 14.3 Å². The SMILES string of the molecule is COc1cc2c(cc1OC)C(c1ccccc1)N(C(=O)CSc1n[nH]c(-c3ccccc3)n1)CC2. The third-order valence-corrected chi connectivity index (χ3v) is 6.98. The lowest BCUT2D eigenvalue weighted by Gasteiger charge is -2.38. The van der Waals surface area contributed by atoms with Gasteiger partial charge in [0, 0.05) is 12.1 Å². The molecule has 0 fully saturated rings. The van der Waals surface area contributed by atoms with E-state index in [1.807, 2.05) is 65.6 Å². The number of fused-ring (bicyclic) bond motifs is 1. The zero-order chi connectivity index (χ0) is 24.2. The van der Waals surface area contributed by atoms with Gasteiger partial charge in [-0.05, 0) is 35.2 Å². The van der Waals surface area contributed by atoms with Gasteiger partial charge in [-0.15, -0.1) is 5.10 Å². The van der Waals surface area contributed by atoms with Crippen LogP contribution in [0.15, 0.2) is 78.0 Å². The van der Waals surface area contributed by atoms with Crippen LogP contribution in [0.4, 0.5) is 0 Å².